The smallest absolute Gasteiger partial charge is 0.414 e. The standard InChI is InChI=1S/C13H21ClF3NO4/c1-7(21-8(2)13(15,16)17)10(9(19)6-14)18-11(20)22-12(3,4)5/h7-8,10H,6H2,1-5H3,(H,18,20)/t7-,8+,10+/m1/s1. The molecule has 130 valence electrons. The molecule has 0 saturated carbocycles. The van der Waals surface area contributed by atoms with Gasteiger partial charge in [0.05, 0.1) is 12.0 Å². The van der Waals surface area contributed by atoms with Gasteiger partial charge in [-0.25, -0.2) is 4.79 Å². The van der Waals surface area contributed by atoms with Gasteiger partial charge in [0.15, 0.2) is 11.9 Å². The summed E-state index contributed by atoms with van der Waals surface area (Å²) < 4.78 is 47.2. The highest BCUT2D eigenvalue weighted by Crippen LogP contribution is 2.24. The van der Waals surface area contributed by atoms with Crippen LogP contribution < -0.4 is 5.32 Å². The van der Waals surface area contributed by atoms with Crippen molar-refractivity contribution in [3.63, 3.8) is 0 Å². The zero-order chi connectivity index (χ0) is 17.7. The molecule has 22 heavy (non-hydrogen) atoms. The molecule has 0 aromatic rings. The van der Waals surface area contributed by atoms with Crippen LogP contribution in [-0.2, 0) is 14.3 Å². The maximum absolute atomic E-state index is 12.5. The van der Waals surface area contributed by atoms with E-state index in [0.717, 1.165) is 6.92 Å². The molecule has 0 spiro atoms. The van der Waals surface area contributed by atoms with Crippen LogP contribution in [0.4, 0.5) is 18.0 Å². The Morgan fingerprint density at radius 1 is 1.18 bits per heavy atom. The molecular weight excluding hydrogens is 327 g/mol. The summed E-state index contributed by atoms with van der Waals surface area (Å²) in [4.78, 5) is 23.4. The topological polar surface area (TPSA) is 64.6 Å². The van der Waals surface area contributed by atoms with Gasteiger partial charge in [-0.2, -0.15) is 13.2 Å². The van der Waals surface area contributed by atoms with E-state index in [4.69, 9.17) is 21.1 Å². The zero-order valence-corrected chi connectivity index (χ0v) is 13.8. The maximum atomic E-state index is 12.5. The summed E-state index contributed by atoms with van der Waals surface area (Å²) in [7, 11) is 0. The number of ether oxygens (including phenoxy) is 2. The number of amides is 1. The fourth-order valence-electron chi connectivity index (χ4n) is 1.45. The number of hydrogen-bond donors (Lipinski definition) is 1. The summed E-state index contributed by atoms with van der Waals surface area (Å²) in [6.07, 6.45) is -8.83. The van der Waals surface area contributed by atoms with Gasteiger partial charge >= 0.3 is 12.3 Å². The average Bonchev–Trinajstić information content (AvgIpc) is 2.31. The highest BCUT2D eigenvalue weighted by molar-refractivity contribution is 6.28. The second-order valence-corrected chi connectivity index (χ2v) is 6.02. The molecule has 0 radical (unpaired) electrons. The van der Waals surface area contributed by atoms with E-state index in [-0.39, 0.29) is 0 Å². The molecule has 5 nitrogen and oxygen atoms in total. The minimum atomic E-state index is -4.57. The van der Waals surface area contributed by atoms with E-state index in [1.54, 1.807) is 20.8 Å². The van der Waals surface area contributed by atoms with Crippen molar-refractivity contribution in [3.8, 4) is 0 Å². The quantitative estimate of drug-likeness (QED) is 0.750. The lowest BCUT2D eigenvalue weighted by Crippen LogP contribution is -2.52. The van der Waals surface area contributed by atoms with Crippen LogP contribution in [0, 0.1) is 0 Å². The largest absolute Gasteiger partial charge is 0.444 e. The van der Waals surface area contributed by atoms with E-state index in [0.29, 0.717) is 0 Å². The Bertz CT molecular complexity index is 396. The summed E-state index contributed by atoms with van der Waals surface area (Å²) >= 11 is 5.41. The molecule has 0 saturated heterocycles. The second-order valence-electron chi connectivity index (χ2n) is 5.75. The van der Waals surface area contributed by atoms with E-state index in [1.165, 1.54) is 6.92 Å². The monoisotopic (exact) mass is 347 g/mol. The van der Waals surface area contributed by atoms with Gasteiger partial charge in [-0.05, 0) is 34.6 Å². The molecule has 0 aromatic carbocycles. The van der Waals surface area contributed by atoms with E-state index < -0.39 is 47.8 Å². The molecule has 0 aromatic heterocycles. The second kappa shape index (κ2) is 8.01. The van der Waals surface area contributed by atoms with Crippen LogP contribution in [-0.4, -0.2) is 47.8 Å². The lowest BCUT2D eigenvalue weighted by molar-refractivity contribution is -0.227. The van der Waals surface area contributed by atoms with Gasteiger partial charge in [0.1, 0.15) is 11.6 Å². The molecule has 0 aliphatic rings. The van der Waals surface area contributed by atoms with Gasteiger partial charge in [-0.15, -0.1) is 11.6 Å². The van der Waals surface area contributed by atoms with Crippen LogP contribution in [0.3, 0.4) is 0 Å². The number of carbonyl (C=O) groups excluding carboxylic acids is 2. The zero-order valence-electron chi connectivity index (χ0n) is 13.1. The summed E-state index contributed by atoms with van der Waals surface area (Å²) in [5.74, 6) is -1.15. The number of alkyl halides is 4. The SMILES string of the molecule is C[C@H](O[C@H](C)[C@H](NC(=O)OC(C)(C)C)C(=O)CCl)C(F)(F)F. The number of Topliss-reactive ketones (excluding diaryl/α,β-unsaturated/α-hetero) is 1. The molecule has 0 aliphatic heterocycles. The summed E-state index contributed by atoms with van der Waals surface area (Å²) in [5.41, 5.74) is -0.817. The summed E-state index contributed by atoms with van der Waals surface area (Å²) in [6, 6.07) is -1.34. The Morgan fingerprint density at radius 3 is 2.05 bits per heavy atom. The highest BCUT2D eigenvalue weighted by atomic mass is 35.5. The van der Waals surface area contributed by atoms with Crippen molar-refractivity contribution in [2.45, 2.75) is 64.6 Å². The molecule has 0 rings (SSSR count). The summed E-state index contributed by atoms with van der Waals surface area (Å²) in [5, 5.41) is 2.19. The van der Waals surface area contributed by atoms with Crippen molar-refractivity contribution in [1.29, 1.82) is 0 Å². The average molecular weight is 348 g/mol. The van der Waals surface area contributed by atoms with Crippen LogP contribution in [0.5, 0.6) is 0 Å². The minimum absolute atomic E-state index is 0.478. The molecule has 1 N–H and O–H groups in total. The van der Waals surface area contributed by atoms with Gasteiger partial charge in [-0.3, -0.25) is 4.79 Å². The molecule has 0 bridgehead atoms. The van der Waals surface area contributed by atoms with Gasteiger partial charge in [0.25, 0.3) is 0 Å². The predicted octanol–water partition coefficient (Wildman–Crippen LogP) is 3.04. The van der Waals surface area contributed by atoms with Crippen LogP contribution in [0.1, 0.15) is 34.6 Å². The third kappa shape index (κ3) is 7.84. The molecule has 0 aliphatic carbocycles. The fraction of sp³-hybridized carbons (Fsp3) is 0.846. The predicted molar refractivity (Wildman–Crippen MR) is 74.9 cm³/mol. The fourth-order valence-corrected chi connectivity index (χ4v) is 1.62. The normalized spacial score (nSPS) is 16.6. The van der Waals surface area contributed by atoms with Crippen molar-refractivity contribution in [1.82, 2.24) is 5.32 Å². The number of nitrogens with one attached hydrogen (secondary N) is 1. The Hall–Kier alpha value is -1.02. The number of carbonyl (C=O) groups is 2. The number of ketones is 1. The Morgan fingerprint density at radius 2 is 1.68 bits per heavy atom. The molecule has 0 heterocycles. The van der Waals surface area contributed by atoms with Crippen molar-refractivity contribution in [2.24, 2.45) is 0 Å². The molecule has 0 unspecified atom stereocenters. The Balaban J connectivity index is 4.91. The number of alkyl carbamates (subject to hydrolysis) is 1. The maximum Gasteiger partial charge on any atom is 0.414 e. The third-order valence-corrected chi connectivity index (χ3v) is 2.76. The van der Waals surface area contributed by atoms with Crippen molar-refractivity contribution >= 4 is 23.5 Å². The van der Waals surface area contributed by atoms with Gasteiger partial charge < -0.3 is 14.8 Å². The number of hydrogen-bond acceptors (Lipinski definition) is 4. The number of rotatable bonds is 6. The van der Waals surface area contributed by atoms with Gasteiger partial charge in [0, 0.05) is 0 Å². The number of halogens is 4. The van der Waals surface area contributed by atoms with Crippen LogP contribution in [0.25, 0.3) is 0 Å². The van der Waals surface area contributed by atoms with E-state index in [2.05, 4.69) is 5.32 Å². The van der Waals surface area contributed by atoms with Crippen LogP contribution in [0.2, 0.25) is 0 Å². The lowest BCUT2D eigenvalue weighted by atomic mass is 10.1. The first kappa shape index (κ1) is 21.0. The van der Waals surface area contributed by atoms with E-state index in [9.17, 15) is 22.8 Å². The molecule has 3 atom stereocenters. The Labute approximate surface area is 132 Å². The highest BCUT2D eigenvalue weighted by Gasteiger charge is 2.40. The van der Waals surface area contributed by atoms with Gasteiger partial charge in [0.2, 0.25) is 0 Å². The van der Waals surface area contributed by atoms with Crippen molar-refractivity contribution in [2.75, 3.05) is 5.88 Å². The van der Waals surface area contributed by atoms with E-state index >= 15 is 0 Å². The first-order chi connectivity index (χ1) is 9.77. The molecular formula is C13H21ClF3NO4. The summed E-state index contributed by atoms with van der Waals surface area (Å²) in [6.45, 7) is 6.88. The van der Waals surface area contributed by atoms with Gasteiger partial charge in [-0.1, -0.05) is 0 Å². The molecule has 0 fully saturated rings. The van der Waals surface area contributed by atoms with Crippen LogP contribution >= 0.6 is 11.6 Å². The van der Waals surface area contributed by atoms with Crippen molar-refractivity contribution < 1.29 is 32.2 Å². The third-order valence-electron chi connectivity index (χ3n) is 2.50. The Kier molecular flexibility index (Phi) is 7.64. The minimum Gasteiger partial charge on any atom is -0.444 e. The lowest BCUT2D eigenvalue weighted by Gasteiger charge is -2.28. The van der Waals surface area contributed by atoms with E-state index in [1.807, 2.05) is 0 Å². The first-order valence-electron chi connectivity index (χ1n) is 6.58. The van der Waals surface area contributed by atoms with Crippen LogP contribution in [0.15, 0.2) is 0 Å². The van der Waals surface area contributed by atoms with Crippen molar-refractivity contribution in [3.05, 3.63) is 0 Å². The molecule has 9 heteroatoms. The first-order valence-corrected chi connectivity index (χ1v) is 7.11. The molecule has 1 amide bonds.